The van der Waals surface area contributed by atoms with Crippen molar-refractivity contribution >= 4 is 45.4 Å². The maximum absolute atomic E-state index is 11.1. The average molecular weight is 269 g/mol. The maximum atomic E-state index is 11.1. The van der Waals surface area contributed by atoms with Crippen molar-refractivity contribution in [2.75, 3.05) is 0 Å². The third kappa shape index (κ3) is 2.37. The third-order valence-corrected chi connectivity index (χ3v) is 2.08. The van der Waals surface area contributed by atoms with Gasteiger partial charge in [0.1, 0.15) is 0 Å². The first-order valence-electron chi connectivity index (χ1n) is 3.03. The summed E-state index contributed by atoms with van der Waals surface area (Å²) in [5.74, 6) is -0.439. The molecule has 2 nitrogen and oxygen atoms in total. The van der Waals surface area contributed by atoms with Gasteiger partial charge in [-0.15, -0.1) is 0 Å². The Hall–Kier alpha value is -0.250. The second-order valence-corrected chi connectivity index (χ2v) is 3.81. The summed E-state index contributed by atoms with van der Waals surface area (Å²) in [6.07, 6.45) is 0. The maximum Gasteiger partial charge on any atom is 0.283 e. The quantitative estimate of drug-likeness (QED) is 0.717. The van der Waals surface area contributed by atoms with E-state index >= 15 is 0 Å². The smallest absolute Gasteiger partial charge is 0.266 e. The fraction of sp³-hybridized carbons (Fsp3) is 0. The van der Waals surface area contributed by atoms with E-state index in [-0.39, 0.29) is 0 Å². The van der Waals surface area contributed by atoms with Crippen LogP contribution in [0.25, 0.3) is 0 Å². The Balaban J connectivity index is 2.90. The summed E-state index contributed by atoms with van der Waals surface area (Å²) < 4.78 is 1.40. The van der Waals surface area contributed by atoms with Crippen LogP contribution < -0.4 is 0 Å². The van der Waals surface area contributed by atoms with E-state index in [1.165, 1.54) is 0 Å². The number of hydrogen-bond donors (Lipinski definition) is 0. The van der Waals surface area contributed by atoms with Crippen molar-refractivity contribution in [3.8, 4) is 0 Å². The van der Waals surface area contributed by atoms with Crippen molar-refractivity contribution in [3.63, 3.8) is 0 Å². The van der Waals surface area contributed by atoms with E-state index in [0.717, 1.165) is 4.47 Å². The number of rotatable bonds is 1. The van der Waals surface area contributed by atoms with Gasteiger partial charge in [0.2, 0.25) is 0 Å². The average Bonchev–Trinajstić information content (AvgIpc) is 2.04. The van der Waals surface area contributed by atoms with Gasteiger partial charge in [-0.1, -0.05) is 15.9 Å². The van der Waals surface area contributed by atoms with Crippen molar-refractivity contribution < 1.29 is 4.79 Å². The lowest BCUT2D eigenvalue weighted by Gasteiger charge is -2.02. The third-order valence-electron chi connectivity index (χ3n) is 1.24. The molecule has 1 amide bonds. The molecule has 0 aromatic heterocycles. The summed E-state index contributed by atoms with van der Waals surface area (Å²) in [5, 5.41) is 0. The van der Waals surface area contributed by atoms with Crippen LogP contribution in [0.4, 0.5) is 0 Å². The molecule has 0 spiro atoms. The predicted octanol–water partition coefficient (Wildman–Crippen LogP) is 3.20. The molecule has 1 aromatic carbocycles. The Morgan fingerprint density at radius 2 is 1.75 bits per heavy atom. The molecule has 0 heterocycles. The molecule has 1 aromatic rings. The first-order chi connectivity index (χ1) is 5.61. The number of halogens is 3. The zero-order chi connectivity index (χ0) is 9.14. The molecule has 0 fully saturated rings. The Labute approximate surface area is 88.4 Å². The van der Waals surface area contributed by atoms with Gasteiger partial charge in [-0.2, -0.15) is 3.94 Å². The van der Waals surface area contributed by atoms with Gasteiger partial charge in [-0.05, 0) is 24.3 Å². The molecule has 0 unspecified atom stereocenters. The molecule has 0 aliphatic carbocycles. The summed E-state index contributed by atoms with van der Waals surface area (Å²) in [5.41, 5.74) is 0.447. The van der Waals surface area contributed by atoms with Crippen molar-refractivity contribution in [1.82, 2.24) is 3.94 Å². The fourth-order valence-electron chi connectivity index (χ4n) is 0.690. The van der Waals surface area contributed by atoms with Crippen LogP contribution in [-0.2, 0) is 0 Å². The molecule has 5 heteroatoms. The van der Waals surface area contributed by atoms with Crippen molar-refractivity contribution in [2.24, 2.45) is 0 Å². The Morgan fingerprint density at radius 1 is 1.25 bits per heavy atom. The van der Waals surface area contributed by atoms with Crippen LogP contribution in [0.15, 0.2) is 28.7 Å². The van der Waals surface area contributed by atoms with E-state index in [2.05, 4.69) is 15.9 Å². The molecule has 0 saturated heterocycles. The second kappa shape index (κ2) is 4.12. The van der Waals surface area contributed by atoms with Gasteiger partial charge in [0.15, 0.2) is 0 Å². The van der Waals surface area contributed by atoms with Gasteiger partial charge in [-0.3, -0.25) is 4.79 Å². The molecule has 0 N–H and O–H groups in total. The first kappa shape index (κ1) is 9.84. The molecule has 0 atom stereocenters. The minimum atomic E-state index is -0.439. The molecule has 0 saturated carbocycles. The molecule has 0 aliphatic heterocycles. The van der Waals surface area contributed by atoms with Gasteiger partial charge in [-0.25, -0.2) is 0 Å². The number of carbonyl (C=O) groups is 1. The predicted molar refractivity (Wildman–Crippen MR) is 52.0 cm³/mol. The molecule has 1 rings (SSSR count). The summed E-state index contributed by atoms with van der Waals surface area (Å²) in [7, 11) is 0. The van der Waals surface area contributed by atoms with Crippen LogP contribution in [0.2, 0.25) is 0 Å². The highest BCUT2D eigenvalue weighted by Gasteiger charge is 2.10. The lowest BCUT2D eigenvalue weighted by molar-refractivity contribution is 0.0924. The molecular weight excluding hydrogens is 265 g/mol. The van der Waals surface area contributed by atoms with Crippen LogP contribution in [0.3, 0.4) is 0 Å². The summed E-state index contributed by atoms with van der Waals surface area (Å²) in [6.45, 7) is 0. The van der Waals surface area contributed by atoms with E-state index in [1.807, 2.05) is 0 Å². The van der Waals surface area contributed by atoms with E-state index in [9.17, 15) is 4.79 Å². The topological polar surface area (TPSA) is 20.3 Å². The number of amides is 1. The first-order valence-corrected chi connectivity index (χ1v) is 4.50. The number of nitrogens with zero attached hydrogens (tertiary/aromatic N) is 1. The van der Waals surface area contributed by atoms with Gasteiger partial charge < -0.3 is 0 Å². The lowest BCUT2D eigenvalue weighted by Crippen LogP contribution is -2.10. The van der Waals surface area contributed by atoms with Crippen LogP contribution >= 0.6 is 39.5 Å². The monoisotopic (exact) mass is 267 g/mol. The zero-order valence-electron chi connectivity index (χ0n) is 5.80. The largest absolute Gasteiger partial charge is 0.283 e. The van der Waals surface area contributed by atoms with Gasteiger partial charge in [0.05, 0.1) is 0 Å². The summed E-state index contributed by atoms with van der Waals surface area (Å²) >= 11 is 13.7. The minimum Gasteiger partial charge on any atom is -0.266 e. The second-order valence-electron chi connectivity index (χ2n) is 2.04. The van der Waals surface area contributed by atoms with Crippen LogP contribution in [0.1, 0.15) is 10.4 Å². The summed E-state index contributed by atoms with van der Waals surface area (Å²) in [6, 6.07) is 6.74. The lowest BCUT2D eigenvalue weighted by atomic mass is 10.2. The standard InChI is InChI=1S/C7H4BrCl2NO/c8-6-3-1-5(2-4-6)7(12)11(9)10/h1-4H. The van der Waals surface area contributed by atoms with Gasteiger partial charge in [0, 0.05) is 33.6 Å². The van der Waals surface area contributed by atoms with Crippen molar-refractivity contribution in [1.29, 1.82) is 0 Å². The van der Waals surface area contributed by atoms with Crippen LogP contribution in [0.5, 0.6) is 0 Å². The van der Waals surface area contributed by atoms with Crippen molar-refractivity contribution in [2.45, 2.75) is 0 Å². The number of hydrogen-bond acceptors (Lipinski definition) is 1. The molecule has 0 bridgehead atoms. The highest BCUT2D eigenvalue weighted by atomic mass is 79.9. The molecule has 0 radical (unpaired) electrons. The van der Waals surface area contributed by atoms with Crippen molar-refractivity contribution in [3.05, 3.63) is 34.3 Å². The van der Waals surface area contributed by atoms with Gasteiger partial charge >= 0.3 is 0 Å². The molecule has 64 valence electrons. The Bertz CT molecular complexity index is 286. The number of carbonyl (C=O) groups excluding carboxylic acids is 1. The Morgan fingerprint density at radius 3 is 2.17 bits per heavy atom. The van der Waals surface area contributed by atoms with Crippen LogP contribution in [-0.4, -0.2) is 9.85 Å². The van der Waals surface area contributed by atoms with Gasteiger partial charge in [0.25, 0.3) is 5.91 Å². The Kier molecular flexibility index (Phi) is 3.38. The summed E-state index contributed by atoms with van der Waals surface area (Å²) in [4.78, 5) is 11.1. The highest BCUT2D eigenvalue weighted by Crippen LogP contribution is 2.14. The van der Waals surface area contributed by atoms with E-state index in [1.54, 1.807) is 24.3 Å². The fourth-order valence-corrected chi connectivity index (χ4v) is 1.15. The normalized spacial score (nSPS) is 9.58. The SMILES string of the molecule is O=C(c1ccc(Br)cc1)N(Cl)Cl. The molecular formula is C7H4BrCl2NO. The van der Waals surface area contributed by atoms with E-state index in [0.29, 0.717) is 9.50 Å². The van der Waals surface area contributed by atoms with Crippen LogP contribution in [0, 0.1) is 0 Å². The number of benzene rings is 1. The van der Waals surface area contributed by atoms with E-state index in [4.69, 9.17) is 23.6 Å². The molecule has 12 heavy (non-hydrogen) atoms. The van der Waals surface area contributed by atoms with E-state index < -0.39 is 5.91 Å². The highest BCUT2D eigenvalue weighted by molar-refractivity contribution is 9.10. The zero-order valence-corrected chi connectivity index (χ0v) is 8.90. The minimum absolute atomic E-state index is 0.439. The molecule has 0 aliphatic rings.